The number of fused-ring (bicyclic) bond motifs is 2. The van der Waals surface area contributed by atoms with E-state index in [0.29, 0.717) is 22.3 Å². The minimum Gasteiger partial charge on any atom is -0.339 e. The SMILES string of the molecule is CN(CC(=O)Nc1c(Cl)cccc1Cl)C(=O)CCN1c2ccccc2Sc2ccccc21. The number of nitrogens with one attached hydrogen (secondary N) is 1. The number of carbonyl (C=O) groups excluding carboxylic acids is 2. The fourth-order valence-electron chi connectivity index (χ4n) is 3.52. The van der Waals surface area contributed by atoms with Crippen LogP contribution >= 0.6 is 35.0 Å². The first-order valence-corrected chi connectivity index (χ1v) is 11.6. The van der Waals surface area contributed by atoms with Gasteiger partial charge in [0.25, 0.3) is 0 Å². The summed E-state index contributed by atoms with van der Waals surface area (Å²) in [5.41, 5.74) is 2.51. The van der Waals surface area contributed by atoms with E-state index in [1.54, 1.807) is 37.0 Å². The number of nitrogens with zero attached hydrogens (tertiary/aromatic N) is 2. The number of rotatable bonds is 6. The first kappa shape index (κ1) is 22.5. The predicted octanol–water partition coefficient (Wildman–Crippen LogP) is 6.08. The Kier molecular flexibility index (Phi) is 6.94. The molecule has 1 aliphatic heterocycles. The van der Waals surface area contributed by atoms with Crippen LogP contribution in [-0.2, 0) is 9.59 Å². The van der Waals surface area contributed by atoms with Gasteiger partial charge < -0.3 is 15.1 Å². The van der Waals surface area contributed by atoms with Crippen LogP contribution < -0.4 is 10.2 Å². The zero-order chi connectivity index (χ0) is 22.7. The van der Waals surface area contributed by atoms with Gasteiger partial charge in [-0.25, -0.2) is 0 Å². The molecule has 0 spiro atoms. The molecule has 1 N–H and O–H groups in total. The first-order chi connectivity index (χ1) is 15.4. The molecule has 0 fully saturated rings. The minimum absolute atomic E-state index is 0.0938. The van der Waals surface area contributed by atoms with Gasteiger partial charge in [0, 0.05) is 29.8 Å². The van der Waals surface area contributed by atoms with Crippen molar-refractivity contribution in [2.75, 3.05) is 30.4 Å². The molecule has 5 nitrogen and oxygen atoms in total. The number of likely N-dealkylation sites (N-methyl/N-ethyl adjacent to an activating group) is 1. The molecule has 32 heavy (non-hydrogen) atoms. The van der Waals surface area contributed by atoms with E-state index in [-0.39, 0.29) is 24.8 Å². The summed E-state index contributed by atoms with van der Waals surface area (Å²) in [7, 11) is 1.62. The molecule has 0 atom stereocenters. The molecule has 0 aromatic heterocycles. The second-order valence-electron chi connectivity index (χ2n) is 7.33. The van der Waals surface area contributed by atoms with E-state index in [1.165, 1.54) is 4.90 Å². The highest BCUT2D eigenvalue weighted by molar-refractivity contribution is 7.99. The quantitative estimate of drug-likeness (QED) is 0.459. The Bertz CT molecular complexity index is 1110. The molecule has 164 valence electrons. The van der Waals surface area contributed by atoms with Crippen molar-refractivity contribution in [1.29, 1.82) is 0 Å². The lowest BCUT2D eigenvalue weighted by Crippen LogP contribution is -2.36. The van der Waals surface area contributed by atoms with Gasteiger partial charge in [-0.2, -0.15) is 0 Å². The molecule has 0 bridgehead atoms. The second kappa shape index (κ2) is 9.86. The molecular weight excluding hydrogens is 465 g/mol. The van der Waals surface area contributed by atoms with Crippen LogP contribution in [0.2, 0.25) is 10.0 Å². The second-order valence-corrected chi connectivity index (χ2v) is 9.23. The zero-order valence-corrected chi connectivity index (χ0v) is 19.7. The molecule has 3 aromatic carbocycles. The number of benzene rings is 3. The van der Waals surface area contributed by atoms with E-state index < -0.39 is 0 Å². The highest BCUT2D eigenvalue weighted by atomic mass is 35.5. The molecule has 0 saturated heterocycles. The molecule has 2 amide bonds. The Morgan fingerprint density at radius 2 is 1.47 bits per heavy atom. The van der Waals surface area contributed by atoms with Crippen molar-refractivity contribution in [3.8, 4) is 0 Å². The van der Waals surface area contributed by atoms with E-state index in [4.69, 9.17) is 23.2 Å². The zero-order valence-electron chi connectivity index (χ0n) is 17.3. The van der Waals surface area contributed by atoms with E-state index in [2.05, 4.69) is 34.5 Å². The smallest absolute Gasteiger partial charge is 0.244 e. The summed E-state index contributed by atoms with van der Waals surface area (Å²) in [6.07, 6.45) is 0.268. The van der Waals surface area contributed by atoms with Gasteiger partial charge >= 0.3 is 0 Å². The van der Waals surface area contributed by atoms with Crippen LogP contribution in [0.15, 0.2) is 76.5 Å². The van der Waals surface area contributed by atoms with Crippen LogP contribution in [0.4, 0.5) is 17.1 Å². The van der Waals surface area contributed by atoms with Crippen molar-refractivity contribution in [3.63, 3.8) is 0 Å². The number of para-hydroxylation sites is 3. The lowest BCUT2D eigenvalue weighted by atomic mass is 10.2. The molecule has 0 saturated carbocycles. The maximum atomic E-state index is 12.8. The average Bonchev–Trinajstić information content (AvgIpc) is 2.79. The normalized spacial score (nSPS) is 12.0. The number of halogens is 2. The third kappa shape index (κ3) is 4.88. The number of amides is 2. The monoisotopic (exact) mass is 485 g/mol. The highest BCUT2D eigenvalue weighted by Crippen LogP contribution is 2.47. The Balaban J connectivity index is 1.40. The third-order valence-corrected chi connectivity index (χ3v) is 6.88. The third-order valence-electron chi connectivity index (χ3n) is 5.12. The van der Waals surface area contributed by atoms with Gasteiger partial charge in [0.05, 0.1) is 33.7 Å². The van der Waals surface area contributed by atoms with Gasteiger partial charge in [0.2, 0.25) is 11.8 Å². The average molecular weight is 486 g/mol. The maximum absolute atomic E-state index is 12.8. The van der Waals surface area contributed by atoms with Gasteiger partial charge in [0.15, 0.2) is 0 Å². The Labute approximate surface area is 201 Å². The van der Waals surface area contributed by atoms with Gasteiger partial charge in [-0.05, 0) is 36.4 Å². The van der Waals surface area contributed by atoms with Gasteiger partial charge in [0.1, 0.15) is 0 Å². The number of carbonyl (C=O) groups is 2. The number of hydrogen-bond donors (Lipinski definition) is 1. The lowest BCUT2D eigenvalue weighted by Gasteiger charge is -2.33. The maximum Gasteiger partial charge on any atom is 0.244 e. The topological polar surface area (TPSA) is 52.7 Å². The fourth-order valence-corrected chi connectivity index (χ4v) is 5.11. The molecular formula is C24H21Cl2N3O2S. The van der Waals surface area contributed by atoms with Crippen LogP contribution in [0.1, 0.15) is 6.42 Å². The molecule has 0 aliphatic carbocycles. The summed E-state index contributed by atoms with van der Waals surface area (Å²) in [5.74, 6) is -0.487. The Hall–Kier alpha value is -2.67. The fraction of sp³-hybridized carbons (Fsp3) is 0.167. The summed E-state index contributed by atoms with van der Waals surface area (Å²) >= 11 is 13.9. The van der Waals surface area contributed by atoms with Crippen molar-refractivity contribution in [2.24, 2.45) is 0 Å². The summed E-state index contributed by atoms with van der Waals surface area (Å²) in [4.78, 5) is 31.1. The van der Waals surface area contributed by atoms with E-state index >= 15 is 0 Å². The summed E-state index contributed by atoms with van der Waals surface area (Å²) in [6, 6.07) is 21.3. The van der Waals surface area contributed by atoms with Crippen molar-refractivity contribution < 1.29 is 9.59 Å². The Morgan fingerprint density at radius 1 is 0.906 bits per heavy atom. The highest BCUT2D eigenvalue weighted by Gasteiger charge is 2.24. The van der Waals surface area contributed by atoms with Crippen molar-refractivity contribution >= 4 is 63.8 Å². The van der Waals surface area contributed by atoms with E-state index in [1.807, 2.05) is 24.3 Å². The van der Waals surface area contributed by atoms with Gasteiger partial charge in [-0.3, -0.25) is 9.59 Å². The molecule has 4 rings (SSSR count). The van der Waals surface area contributed by atoms with Crippen LogP contribution in [0.5, 0.6) is 0 Å². The minimum atomic E-state index is -0.360. The van der Waals surface area contributed by atoms with E-state index in [9.17, 15) is 9.59 Å². The van der Waals surface area contributed by atoms with Crippen LogP contribution in [0.25, 0.3) is 0 Å². The molecule has 0 unspecified atom stereocenters. The Morgan fingerprint density at radius 3 is 2.06 bits per heavy atom. The molecule has 8 heteroatoms. The summed E-state index contributed by atoms with van der Waals surface area (Å²) in [5, 5.41) is 3.38. The van der Waals surface area contributed by atoms with Crippen LogP contribution in [0.3, 0.4) is 0 Å². The number of hydrogen-bond acceptors (Lipinski definition) is 4. The molecule has 0 radical (unpaired) electrons. The first-order valence-electron chi connectivity index (χ1n) is 10.1. The standard InChI is InChI=1S/C24H21Cl2N3O2S/c1-28(15-22(30)27-24-16(25)7-6-8-17(24)26)23(31)13-14-29-18-9-2-4-11-20(18)32-21-12-5-3-10-19(21)29/h2-12H,13-15H2,1H3,(H,27,30). The van der Waals surface area contributed by atoms with Crippen LogP contribution in [0, 0.1) is 0 Å². The van der Waals surface area contributed by atoms with E-state index in [0.717, 1.165) is 21.2 Å². The largest absolute Gasteiger partial charge is 0.339 e. The summed E-state index contributed by atoms with van der Waals surface area (Å²) in [6.45, 7) is 0.416. The van der Waals surface area contributed by atoms with Crippen LogP contribution in [-0.4, -0.2) is 36.9 Å². The van der Waals surface area contributed by atoms with Gasteiger partial charge in [-0.15, -0.1) is 0 Å². The van der Waals surface area contributed by atoms with Crippen molar-refractivity contribution in [3.05, 3.63) is 76.8 Å². The number of anilines is 3. The predicted molar refractivity (Wildman–Crippen MR) is 131 cm³/mol. The molecule has 1 heterocycles. The van der Waals surface area contributed by atoms with Crippen molar-refractivity contribution in [2.45, 2.75) is 16.2 Å². The lowest BCUT2D eigenvalue weighted by molar-refractivity contribution is -0.133. The molecule has 1 aliphatic rings. The molecule has 3 aromatic rings. The van der Waals surface area contributed by atoms with Gasteiger partial charge in [-0.1, -0.05) is 65.3 Å². The summed E-state index contributed by atoms with van der Waals surface area (Å²) < 4.78 is 0. The van der Waals surface area contributed by atoms with Crippen molar-refractivity contribution in [1.82, 2.24) is 4.90 Å².